The first-order chi connectivity index (χ1) is 12.0. The van der Waals surface area contributed by atoms with Gasteiger partial charge in [0.25, 0.3) is 11.8 Å². The summed E-state index contributed by atoms with van der Waals surface area (Å²) < 4.78 is 5.58. The molecule has 1 fully saturated rings. The molecular weight excluding hydrogens is 340 g/mol. The van der Waals surface area contributed by atoms with Crippen LogP contribution in [0.1, 0.15) is 30.1 Å². The van der Waals surface area contributed by atoms with Crippen molar-refractivity contribution in [2.45, 2.75) is 31.9 Å². The minimum atomic E-state index is -0.710. The summed E-state index contributed by atoms with van der Waals surface area (Å²) in [5, 5.41) is 6.14. The van der Waals surface area contributed by atoms with Crippen molar-refractivity contribution >= 4 is 29.1 Å². The quantitative estimate of drug-likeness (QED) is 0.828. The first kappa shape index (κ1) is 17.3. The molecule has 1 saturated carbocycles. The van der Waals surface area contributed by atoms with Gasteiger partial charge in [0.05, 0.1) is 5.02 Å². The number of benzene rings is 2. The lowest BCUT2D eigenvalue weighted by atomic mass is 10.2. The molecule has 130 valence electrons. The van der Waals surface area contributed by atoms with Crippen molar-refractivity contribution in [2.75, 3.05) is 5.32 Å². The number of carbonyl (C=O) groups is 2. The Hall–Kier alpha value is -2.53. The Bertz CT molecular complexity index is 772. The molecule has 0 aliphatic heterocycles. The van der Waals surface area contributed by atoms with Crippen molar-refractivity contribution in [3.63, 3.8) is 0 Å². The third-order valence-electron chi connectivity index (χ3n) is 3.84. The number of hydrogen-bond donors (Lipinski definition) is 2. The third-order valence-corrected chi connectivity index (χ3v) is 4.15. The van der Waals surface area contributed by atoms with E-state index in [2.05, 4.69) is 10.6 Å². The van der Waals surface area contributed by atoms with Crippen LogP contribution in [0.4, 0.5) is 5.69 Å². The molecule has 3 rings (SSSR count). The Kier molecular flexibility index (Phi) is 5.24. The minimum Gasteiger partial charge on any atom is -0.479 e. The highest BCUT2D eigenvalue weighted by molar-refractivity contribution is 6.32. The van der Waals surface area contributed by atoms with E-state index in [-0.39, 0.29) is 11.8 Å². The standard InChI is InChI=1S/C19H19ClN2O3/c1-12(25-17-5-3-2-4-16(17)20)18(23)21-14-8-6-13(7-9-14)19(24)22-15-10-11-15/h2-9,12,15H,10-11H2,1H3,(H,21,23)(H,22,24). The average molecular weight is 359 g/mol. The highest BCUT2D eigenvalue weighted by Gasteiger charge is 2.23. The van der Waals surface area contributed by atoms with E-state index in [1.807, 2.05) is 0 Å². The van der Waals surface area contributed by atoms with Gasteiger partial charge >= 0.3 is 0 Å². The molecule has 0 heterocycles. The van der Waals surface area contributed by atoms with Crippen LogP contribution >= 0.6 is 11.6 Å². The highest BCUT2D eigenvalue weighted by Crippen LogP contribution is 2.24. The van der Waals surface area contributed by atoms with E-state index in [0.29, 0.717) is 28.1 Å². The molecule has 0 radical (unpaired) electrons. The Balaban J connectivity index is 1.56. The lowest BCUT2D eigenvalue weighted by Crippen LogP contribution is -2.30. The summed E-state index contributed by atoms with van der Waals surface area (Å²) in [6, 6.07) is 14.1. The van der Waals surface area contributed by atoms with E-state index in [9.17, 15) is 9.59 Å². The van der Waals surface area contributed by atoms with Gasteiger partial charge < -0.3 is 15.4 Å². The zero-order chi connectivity index (χ0) is 17.8. The zero-order valence-electron chi connectivity index (χ0n) is 13.8. The molecule has 0 bridgehead atoms. The number of anilines is 1. The summed E-state index contributed by atoms with van der Waals surface area (Å²) in [4.78, 5) is 24.2. The van der Waals surface area contributed by atoms with Gasteiger partial charge in [0.15, 0.2) is 6.10 Å². The van der Waals surface area contributed by atoms with Crippen LogP contribution in [0.2, 0.25) is 5.02 Å². The van der Waals surface area contributed by atoms with E-state index in [0.717, 1.165) is 12.8 Å². The molecule has 6 heteroatoms. The summed E-state index contributed by atoms with van der Waals surface area (Å²) in [6.07, 6.45) is 1.38. The normalized spacial score (nSPS) is 14.5. The molecular formula is C19H19ClN2O3. The van der Waals surface area contributed by atoms with Gasteiger partial charge in [-0.2, -0.15) is 0 Å². The first-order valence-electron chi connectivity index (χ1n) is 8.16. The van der Waals surface area contributed by atoms with Gasteiger partial charge in [0.2, 0.25) is 0 Å². The van der Waals surface area contributed by atoms with E-state index in [1.54, 1.807) is 55.5 Å². The monoisotopic (exact) mass is 358 g/mol. The number of halogens is 1. The summed E-state index contributed by atoms with van der Waals surface area (Å²) in [6.45, 7) is 1.65. The number of amides is 2. The zero-order valence-corrected chi connectivity index (χ0v) is 14.5. The SMILES string of the molecule is CC(Oc1ccccc1Cl)C(=O)Nc1ccc(C(=O)NC2CC2)cc1. The molecule has 1 unspecified atom stereocenters. The lowest BCUT2D eigenvalue weighted by Gasteiger charge is -2.15. The second-order valence-electron chi connectivity index (χ2n) is 6.00. The maximum Gasteiger partial charge on any atom is 0.265 e. The molecule has 2 amide bonds. The number of hydrogen-bond acceptors (Lipinski definition) is 3. The van der Waals surface area contributed by atoms with E-state index in [4.69, 9.17) is 16.3 Å². The third kappa shape index (κ3) is 4.73. The number of para-hydroxylation sites is 1. The second-order valence-corrected chi connectivity index (χ2v) is 6.41. The van der Waals surface area contributed by atoms with E-state index >= 15 is 0 Å². The topological polar surface area (TPSA) is 67.4 Å². The fourth-order valence-corrected chi connectivity index (χ4v) is 2.41. The molecule has 2 aromatic rings. The molecule has 25 heavy (non-hydrogen) atoms. The van der Waals surface area contributed by atoms with Crippen LogP contribution in [0.25, 0.3) is 0 Å². The predicted octanol–water partition coefficient (Wildman–Crippen LogP) is 3.64. The van der Waals surface area contributed by atoms with Crippen LogP contribution in [0.3, 0.4) is 0 Å². The van der Waals surface area contributed by atoms with Crippen molar-refractivity contribution in [3.8, 4) is 5.75 Å². The molecule has 0 saturated heterocycles. The number of carbonyl (C=O) groups excluding carboxylic acids is 2. The van der Waals surface area contributed by atoms with Crippen LogP contribution in [0.5, 0.6) is 5.75 Å². The largest absolute Gasteiger partial charge is 0.479 e. The molecule has 1 aliphatic carbocycles. The van der Waals surface area contributed by atoms with Gasteiger partial charge in [-0.1, -0.05) is 23.7 Å². The molecule has 0 aromatic heterocycles. The Morgan fingerprint density at radius 3 is 2.44 bits per heavy atom. The van der Waals surface area contributed by atoms with E-state index < -0.39 is 6.10 Å². The van der Waals surface area contributed by atoms with Crippen molar-refractivity contribution in [2.24, 2.45) is 0 Å². The van der Waals surface area contributed by atoms with Gasteiger partial charge in [-0.3, -0.25) is 9.59 Å². The molecule has 2 aromatic carbocycles. The van der Waals surface area contributed by atoms with Crippen molar-refractivity contribution in [1.82, 2.24) is 5.32 Å². The number of ether oxygens (including phenoxy) is 1. The van der Waals surface area contributed by atoms with Gasteiger partial charge in [-0.25, -0.2) is 0 Å². The molecule has 2 N–H and O–H groups in total. The minimum absolute atomic E-state index is 0.0872. The summed E-state index contributed by atoms with van der Waals surface area (Å²) in [5.41, 5.74) is 1.17. The van der Waals surface area contributed by atoms with Gasteiger partial charge in [-0.05, 0) is 56.2 Å². The Morgan fingerprint density at radius 2 is 1.80 bits per heavy atom. The summed E-state index contributed by atoms with van der Waals surface area (Å²) in [5.74, 6) is 0.0739. The molecule has 1 aliphatic rings. The van der Waals surface area contributed by atoms with Crippen LogP contribution in [0.15, 0.2) is 48.5 Å². The van der Waals surface area contributed by atoms with Crippen LogP contribution in [-0.4, -0.2) is 24.0 Å². The first-order valence-corrected chi connectivity index (χ1v) is 8.53. The average Bonchev–Trinajstić information content (AvgIpc) is 3.41. The fourth-order valence-electron chi connectivity index (χ4n) is 2.23. The second kappa shape index (κ2) is 7.57. The Labute approximate surface area is 151 Å². The summed E-state index contributed by atoms with van der Waals surface area (Å²) in [7, 11) is 0. The summed E-state index contributed by atoms with van der Waals surface area (Å²) >= 11 is 6.03. The van der Waals surface area contributed by atoms with Crippen LogP contribution < -0.4 is 15.4 Å². The number of nitrogens with one attached hydrogen (secondary N) is 2. The highest BCUT2D eigenvalue weighted by atomic mass is 35.5. The predicted molar refractivity (Wildman–Crippen MR) is 97.1 cm³/mol. The Morgan fingerprint density at radius 1 is 1.12 bits per heavy atom. The van der Waals surface area contributed by atoms with Crippen molar-refractivity contribution in [3.05, 3.63) is 59.1 Å². The van der Waals surface area contributed by atoms with Crippen molar-refractivity contribution in [1.29, 1.82) is 0 Å². The van der Waals surface area contributed by atoms with Gasteiger partial charge in [0.1, 0.15) is 5.75 Å². The maximum atomic E-state index is 12.2. The van der Waals surface area contributed by atoms with Gasteiger partial charge in [-0.15, -0.1) is 0 Å². The van der Waals surface area contributed by atoms with Gasteiger partial charge in [0, 0.05) is 17.3 Å². The van der Waals surface area contributed by atoms with Crippen molar-refractivity contribution < 1.29 is 14.3 Å². The maximum absolute atomic E-state index is 12.2. The molecule has 1 atom stereocenters. The lowest BCUT2D eigenvalue weighted by molar-refractivity contribution is -0.122. The number of rotatable bonds is 6. The molecule has 5 nitrogen and oxygen atoms in total. The molecule has 0 spiro atoms. The van der Waals surface area contributed by atoms with Crippen LogP contribution in [-0.2, 0) is 4.79 Å². The smallest absolute Gasteiger partial charge is 0.265 e. The fraction of sp³-hybridized carbons (Fsp3) is 0.263. The van der Waals surface area contributed by atoms with E-state index in [1.165, 1.54) is 0 Å². The van der Waals surface area contributed by atoms with Crippen LogP contribution in [0, 0.1) is 0 Å².